The highest BCUT2D eigenvalue weighted by Gasteiger charge is 2.30. The summed E-state index contributed by atoms with van der Waals surface area (Å²) < 4.78 is 26.3. The summed E-state index contributed by atoms with van der Waals surface area (Å²) in [5.41, 5.74) is 6.13. The first kappa shape index (κ1) is 20.4. The molecule has 7 nitrogen and oxygen atoms in total. The van der Waals surface area contributed by atoms with Crippen molar-refractivity contribution in [1.29, 1.82) is 0 Å². The van der Waals surface area contributed by atoms with Gasteiger partial charge in [0.15, 0.2) is 0 Å². The van der Waals surface area contributed by atoms with Gasteiger partial charge in [0.1, 0.15) is 12.4 Å². The molecule has 9 heteroatoms. The summed E-state index contributed by atoms with van der Waals surface area (Å²) in [7, 11) is -3.58. The second kappa shape index (κ2) is 8.46. The fraction of sp³-hybridized carbons (Fsp3) is 0.467. The van der Waals surface area contributed by atoms with E-state index in [1.54, 1.807) is 18.2 Å². The summed E-state index contributed by atoms with van der Waals surface area (Å²) in [6, 6.07) is 6.43. The minimum Gasteiger partial charge on any atom is -0.350 e. The number of halogens is 1. The molecule has 0 saturated heterocycles. The van der Waals surface area contributed by atoms with Crippen molar-refractivity contribution in [3.8, 4) is 0 Å². The van der Waals surface area contributed by atoms with Crippen molar-refractivity contribution in [2.24, 2.45) is 16.6 Å². The molecule has 2 rings (SSSR count). The maximum atomic E-state index is 12.0. The van der Waals surface area contributed by atoms with Crippen LogP contribution >= 0.6 is 12.4 Å². The molecule has 0 bridgehead atoms. The molecule has 1 unspecified atom stereocenters. The standard InChI is InChI=1S/C15H22N4O3S.ClH/c1-10(2)7-11(8-16)18-14(20)9-17-15-12-5-3-4-6-13(12)23(21,22)19-15;/h3-6,10-11H,7-9,16H2,1-2H3,(H,17,19)(H,18,20);1H. The molecule has 1 aliphatic rings. The fourth-order valence-corrected chi connectivity index (χ4v) is 3.71. The van der Waals surface area contributed by atoms with E-state index in [-0.39, 0.29) is 41.6 Å². The van der Waals surface area contributed by atoms with Crippen LogP contribution in [-0.4, -0.2) is 39.3 Å². The van der Waals surface area contributed by atoms with Crippen LogP contribution in [0.5, 0.6) is 0 Å². The lowest BCUT2D eigenvalue weighted by atomic mass is 10.0. The van der Waals surface area contributed by atoms with E-state index in [4.69, 9.17) is 5.73 Å². The van der Waals surface area contributed by atoms with Gasteiger partial charge in [-0.2, -0.15) is 0 Å². The van der Waals surface area contributed by atoms with Crippen LogP contribution in [0.2, 0.25) is 0 Å². The number of nitrogens with one attached hydrogen (secondary N) is 2. The van der Waals surface area contributed by atoms with Crippen LogP contribution < -0.4 is 15.8 Å². The molecule has 1 heterocycles. The van der Waals surface area contributed by atoms with Gasteiger partial charge in [-0.1, -0.05) is 26.0 Å². The topological polar surface area (TPSA) is 114 Å². The van der Waals surface area contributed by atoms with Crippen LogP contribution in [0.3, 0.4) is 0 Å². The quantitative estimate of drug-likeness (QED) is 0.677. The van der Waals surface area contributed by atoms with Crippen LogP contribution in [-0.2, 0) is 14.8 Å². The molecule has 1 aliphatic heterocycles. The molecule has 1 atom stereocenters. The third-order valence-corrected chi connectivity index (χ3v) is 4.85. The Labute approximate surface area is 148 Å². The predicted octanol–water partition coefficient (Wildman–Crippen LogP) is 0.637. The van der Waals surface area contributed by atoms with Gasteiger partial charge >= 0.3 is 0 Å². The minimum atomic E-state index is -3.58. The number of sulfonamides is 1. The molecule has 0 spiro atoms. The van der Waals surface area contributed by atoms with Crippen LogP contribution in [0.1, 0.15) is 25.8 Å². The monoisotopic (exact) mass is 374 g/mol. The van der Waals surface area contributed by atoms with E-state index in [0.717, 1.165) is 6.42 Å². The highest BCUT2D eigenvalue weighted by Crippen LogP contribution is 2.21. The van der Waals surface area contributed by atoms with E-state index in [2.05, 4.69) is 28.9 Å². The molecule has 1 aromatic rings. The lowest BCUT2D eigenvalue weighted by Gasteiger charge is -2.18. The van der Waals surface area contributed by atoms with Gasteiger partial charge < -0.3 is 11.1 Å². The first-order valence-electron chi connectivity index (χ1n) is 7.49. The second-order valence-electron chi connectivity index (χ2n) is 5.90. The average Bonchev–Trinajstić information content (AvgIpc) is 2.76. The normalized spacial score (nSPS) is 17.8. The van der Waals surface area contributed by atoms with Crippen LogP contribution in [0.25, 0.3) is 0 Å². The lowest BCUT2D eigenvalue weighted by molar-refractivity contribution is -0.120. The predicted molar refractivity (Wildman–Crippen MR) is 95.9 cm³/mol. The van der Waals surface area contributed by atoms with Crippen LogP contribution in [0, 0.1) is 5.92 Å². The van der Waals surface area contributed by atoms with Crippen molar-refractivity contribution in [3.63, 3.8) is 0 Å². The van der Waals surface area contributed by atoms with Crippen molar-refractivity contribution in [2.45, 2.75) is 31.2 Å². The Morgan fingerprint density at radius 3 is 2.62 bits per heavy atom. The van der Waals surface area contributed by atoms with Crippen LogP contribution in [0.15, 0.2) is 34.2 Å². The van der Waals surface area contributed by atoms with Crippen LogP contribution in [0.4, 0.5) is 0 Å². The van der Waals surface area contributed by atoms with Gasteiger partial charge in [0.25, 0.3) is 10.0 Å². The highest BCUT2D eigenvalue weighted by molar-refractivity contribution is 7.90. The Kier molecular flexibility index (Phi) is 7.19. The summed E-state index contributed by atoms with van der Waals surface area (Å²) >= 11 is 0. The molecule has 0 saturated carbocycles. The summed E-state index contributed by atoms with van der Waals surface area (Å²) in [6.45, 7) is 4.31. The number of benzene rings is 1. The number of nitrogens with two attached hydrogens (primary N) is 1. The van der Waals surface area contributed by atoms with E-state index in [0.29, 0.717) is 18.0 Å². The van der Waals surface area contributed by atoms with Gasteiger partial charge in [-0.15, -0.1) is 12.4 Å². The van der Waals surface area contributed by atoms with Crippen molar-refractivity contribution < 1.29 is 13.2 Å². The maximum Gasteiger partial charge on any atom is 0.263 e. The molecule has 1 aromatic carbocycles. The number of fused-ring (bicyclic) bond motifs is 1. The molecular formula is C15H23ClN4O3S. The Morgan fingerprint density at radius 2 is 2.00 bits per heavy atom. The van der Waals surface area contributed by atoms with Crippen molar-refractivity contribution in [2.75, 3.05) is 13.1 Å². The smallest absolute Gasteiger partial charge is 0.263 e. The molecule has 0 aromatic heterocycles. The second-order valence-corrected chi connectivity index (χ2v) is 7.55. The minimum absolute atomic E-state index is 0. The number of hydrogen-bond acceptors (Lipinski definition) is 5. The Hall–Kier alpha value is -1.64. The average molecular weight is 375 g/mol. The first-order valence-corrected chi connectivity index (χ1v) is 8.98. The van der Waals surface area contributed by atoms with Crippen molar-refractivity contribution >= 4 is 34.2 Å². The molecule has 0 fully saturated rings. The number of hydrogen-bond donors (Lipinski definition) is 3. The maximum absolute atomic E-state index is 12.0. The molecule has 4 N–H and O–H groups in total. The fourth-order valence-electron chi connectivity index (χ4n) is 2.46. The SMILES string of the molecule is CC(C)CC(CN)NC(=O)CN=C1NS(=O)(=O)c2ccccc21.Cl. The summed E-state index contributed by atoms with van der Waals surface area (Å²) in [4.78, 5) is 16.3. The van der Waals surface area contributed by atoms with Gasteiger partial charge in [-0.25, -0.2) is 8.42 Å². The number of carbonyl (C=O) groups excluding carboxylic acids is 1. The third kappa shape index (κ3) is 4.93. The van der Waals surface area contributed by atoms with Gasteiger partial charge in [0.05, 0.1) is 4.90 Å². The van der Waals surface area contributed by atoms with E-state index in [9.17, 15) is 13.2 Å². The molecule has 0 radical (unpaired) electrons. The third-order valence-electron chi connectivity index (χ3n) is 3.45. The lowest BCUT2D eigenvalue weighted by Crippen LogP contribution is -2.42. The largest absolute Gasteiger partial charge is 0.350 e. The van der Waals surface area contributed by atoms with E-state index >= 15 is 0 Å². The van der Waals surface area contributed by atoms with E-state index in [1.807, 2.05) is 0 Å². The number of nitrogens with zero attached hydrogens (tertiary/aromatic N) is 1. The Bertz CT molecular complexity index is 719. The van der Waals surface area contributed by atoms with E-state index in [1.165, 1.54) is 6.07 Å². The summed E-state index contributed by atoms with van der Waals surface area (Å²) in [6.07, 6.45) is 0.786. The summed E-state index contributed by atoms with van der Waals surface area (Å²) in [5.74, 6) is 0.338. The first-order chi connectivity index (χ1) is 10.8. The van der Waals surface area contributed by atoms with Crippen molar-refractivity contribution in [3.05, 3.63) is 29.8 Å². The number of aliphatic imine (C=N–C) groups is 1. The molecular weight excluding hydrogens is 352 g/mol. The Balaban J connectivity index is 0.00000288. The van der Waals surface area contributed by atoms with E-state index < -0.39 is 10.0 Å². The summed E-state index contributed by atoms with van der Waals surface area (Å²) in [5, 5.41) is 2.82. The molecule has 24 heavy (non-hydrogen) atoms. The number of carbonyl (C=O) groups is 1. The number of amides is 1. The van der Waals surface area contributed by atoms with Gasteiger partial charge in [0.2, 0.25) is 5.91 Å². The van der Waals surface area contributed by atoms with Gasteiger partial charge in [0, 0.05) is 18.2 Å². The highest BCUT2D eigenvalue weighted by atomic mass is 35.5. The van der Waals surface area contributed by atoms with Crippen molar-refractivity contribution in [1.82, 2.24) is 10.0 Å². The molecule has 134 valence electrons. The molecule has 0 aliphatic carbocycles. The zero-order valence-corrected chi connectivity index (χ0v) is 15.3. The Morgan fingerprint density at radius 1 is 1.33 bits per heavy atom. The molecule has 1 amide bonds. The number of amidine groups is 1. The van der Waals surface area contributed by atoms with Gasteiger partial charge in [-0.05, 0) is 24.5 Å². The zero-order chi connectivity index (χ0) is 17.0. The zero-order valence-electron chi connectivity index (χ0n) is 13.7. The number of rotatable bonds is 6. The van der Waals surface area contributed by atoms with Gasteiger partial charge in [-0.3, -0.25) is 14.5 Å².